The number of amides is 2. The fraction of sp³-hybridized carbons (Fsp3) is 0.538. The summed E-state index contributed by atoms with van der Waals surface area (Å²) in [5.41, 5.74) is 1.45. The number of nitrogens with zero attached hydrogens (tertiary/aromatic N) is 4. The van der Waals surface area contributed by atoms with Gasteiger partial charge in [-0.3, -0.25) is 9.59 Å². The summed E-state index contributed by atoms with van der Waals surface area (Å²) in [6.07, 6.45) is 4.40. The molecule has 1 aromatic carbocycles. The molecule has 37 heavy (non-hydrogen) atoms. The van der Waals surface area contributed by atoms with Crippen molar-refractivity contribution < 1.29 is 14.3 Å². The number of anilines is 3. The Balaban J connectivity index is 0.00000380. The summed E-state index contributed by atoms with van der Waals surface area (Å²) < 4.78 is 5.75. The molecule has 10 nitrogen and oxygen atoms in total. The Labute approximate surface area is 227 Å². The lowest BCUT2D eigenvalue weighted by atomic mass is 10.0. The first-order valence-corrected chi connectivity index (χ1v) is 13.1. The van der Waals surface area contributed by atoms with Crippen molar-refractivity contribution in [2.75, 3.05) is 64.1 Å². The fourth-order valence-corrected chi connectivity index (χ4v) is 4.88. The number of carbonyl (C=O) groups is 2. The predicted octanol–water partition coefficient (Wildman–Crippen LogP) is 3.35. The lowest BCUT2D eigenvalue weighted by Crippen LogP contribution is -2.47. The van der Waals surface area contributed by atoms with Gasteiger partial charge >= 0.3 is 0 Å². The van der Waals surface area contributed by atoms with Crippen molar-refractivity contribution in [3.8, 4) is 0 Å². The van der Waals surface area contributed by atoms with Gasteiger partial charge in [-0.1, -0.05) is 13.8 Å². The van der Waals surface area contributed by atoms with E-state index in [9.17, 15) is 9.59 Å². The number of halogens is 1. The number of methoxy groups -OCH3 is 1. The molecule has 2 aromatic rings. The van der Waals surface area contributed by atoms with Crippen molar-refractivity contribution in [3.63, 3.8) is 0 Å². The molecule has 1 saturated heterocycles. The zero-order chi connectivity index (χ0) is 25.5. The molecule has 2 heterocycles. The summed E-state index contributed by atoms with van der Waals surface area (Å²) in [5.74, 6) is 1.04. The van der Waals surface area contributed by atoms with Crippen LogP contribution in [0, 0.1) is 5.92 Å². The smallest absolute Gasteiger partial charge is 0.253 e. The van der Waals surface area contributed by atoms with E-state index in [0.717, 1.165) is 55.6 Å². The molecule has 1 saturated carbocycles. The molecule has 0 unspecified atom stereocenters. The molecule has 0 bridgehead atoms. The Morgan fingerprint density at radius 2 is 1.86 bits per heavy atom. The van der Waals surface area contributed by atoms with Gasteiger partial charge in [-0.2, -0.15) is 4.98 Å². The van der Waals surface area contributed by atoms with E-state index in [4.69, 9.17) is 4.74 Å². The van der Waals surface area contributed by atoms with Crippen molar-refractivity contribution >= 4 is 45.2 Å². The van der Waals surface area contributed by atoms with Crippen LogP contribution >= 0.6 is 15.9 Å². The maximum atomic E-state index is 12.8. The molecule has 2 amide bonds. The van der Waals surface area contributed by atoms with Crippen molar-refractivity contribution in [3.05, 3.63) is 40.5 Å². The van der Waals surface area contributed by atoms with Gasteiger partial charge in [0, 0.05) is 63.3 Å². The second-order valence-corrected chi connectivity index (χ2v) is 10.1. The largest absolute Gasteiger partial charge is 0.383 e. The third kappa shape index (κ3) is 7.62. The van der Waals surface area contributed by atoms with E-state index in [1.165, 1.54) is 0 Å². The van der Waals surface area contributed by atoms with E-state index in [-0.39, 0.29) is 31.2 Å². The maximum Gasteiger partial charge on any atom is 0.253 e. The summed E-state index contributed by atoms with van der Waals surface area (Å²) in [6.45, 7) is 4.27. The van der Waals surface area contributed by atoms with Crippen molar-refractivity contribution in [2.24, 2.45) is 5.92 Å². The molecule has 11 heteroatoms. The van der Waals surface area contributed by atoms with Crippen LogP contribution in [0.25, 0.3) is 0 Å². The van der Waals surface area contributed by atoms with Crippen LogP contribution in [-0.2, 0) is 9.53 Å². The van der Waals surface area contributed by atoms with Gasteiger partial charge in [0.1, 0.15) is 5.82 Å². The predicted molar refractivity (Wildman–Crippen MR) is 149 cm³/mol. The van der Waals surface area contributed by atoms with Crippen LogP contribution in [0.2, 0.25) is 0 Å². The molecule has 1 aliphatic heterocycles. The molecule has 2 fully saturated rings. The Morgan fingerprint density at radius 3 is 2.57 bits per heavy atom. The van der Waals surface area contributed by atoms with Gasteiger partial charge in [0.05, 0.1) is 17.0 Å². The SMILES string of the molecule is C.COCCNC(=O)[C@H]1CCC[C@H]1Nc1nc(Nc2ccc(C(=O)N3CCN(C)CC3)cc2)ncc1Br. The average molecular weight is 577 g/mol. The minimum Gasteiger partial charge on any atom is -0.383 e. The Bertz CT molecular complexity index is 1040. The monoisotopic (exact) mass is 575 g/mol. The van der Waals surface area contributed by atoms with Crippen LogP contribution < -0.4 is 16.0 Å². The number of rotatable bonds is 9. The number of hydrogen-bond acceptors (Lipinski definition) is 8. The molecule has 1 aliphatic carbocycles. The second-order valence-electron chi connectivity index (χ2n) is 9.26. The Hall–Kier alpha value is -2.76. The summed E-state index contributed by atoms with van der Waals surface area (Å²) in [7, 11) is 3.69. The van der Waals surface area contributed by atoms with Crippen LogP contribution in [0.5, 0.6) is 0 Å². The van der Waals surface area contributed by atoms with Gasteiger partial charge in [-0.05, 0) is 60.1 Å². The second kappa shape index (κ2) is 13.7. The summed E-state index contributed by atoms with van der Waals surface area (Å²) in [4.78, 5) is 38.5. The number of piperazine rings is 1. The third-order valence-electron chi connectivity index (χ3n) is 6.70. The van der Waals surface area contributed by atoms with Crippen LogP contribution in [0.1, 0.15) is 37.0 Å². The van der Waals surface area contributed by atoms with E-state index >= 15 is 0 Å². The lowest BCUT2D eigenvalue weighted by Gasteiger charge is -2.32. The van der Waals surface area contributed by atoms with Gasteiger partial charge in [-0.25, -0.2) is 4.98 Å². The number of aromatic nitrogens is 2. The number of benzene rings is 1. The number of ether oxygens (including phenoxy) is 1. The van der Waals surface area contributed by atoms with Gasteiger partial charge in [0.15, 0.2) is 0 Å². The van der Waals surface area contributed by atoms with Crippen LogP contribution in [0.3, 0.4) is 0 Å². The highest BCUT2D eigenvalue weighted by atomic mass is 79.9. The summed E-state index contributed by atoms with van der Waals surface area (Å²) in [5, 5.41) is 9.59. The zero-order valence-electron chi connectivity index (χ0n) is 20.8. The first-order chi connectivity index (χ1) is 17.4. The van der Waals surface area contributed by atoms with E-state index in [1.54, 1.807) is 13.3 Å². The summed E-state index contributed by atoms with van der Waals surface area (Å²) >= 11 is 3.52. The first kappa shape index (κ1) is 28.8. The number of carbonyl (C=O) groups excluding carboxylic acids is 2. The standard InChI is InChI=1S/C25H34BrN7O3.CH4/c1-32-11-13-33(14-12-32)24(35)17-6-8-18(9-7-17)29-25-28-16-20(26)22(31-25)30-21-5-3-4-19(21)23(34)27-10-15-36-2;/h6-9,16,19,21H,3-5,10-15H2,1-2H3,(H,27,34)(H2,28,29,30,31);1H4/t19-,21+;/m0./s1. The molecule has 2 aliphatic rings. The molecule has 4 rings (SSSR count). The van der Waals surface area contributed by atoms with Crippen LogP contribution in [-0.4, -0.2) is 91.1 Å². The normalized spacial score (nSPS) is 19.7. The van der Waals surface area contributed by atoms with Gasteiger partial charge in [0.2, 0.25) is 11.9 Å². The van der Waals surface area contributed by atoms with Gasteiger partial charge < -0.3 is 30.5 Å². The van der Waals surface area contributed by atoms with Crippen LogP contribution in [0.15, 0.2) is 34.9 Å². The quantitative estimate of drug-likeness (QED) is 0.390. The highest BCUT2D eigenvalue weighted by Gasteiger charge is 2.33. The molecular weight excluding hydrogens is 538 g/mol. The average Bonchev–Trinajstić information content (AvgIpc) is 3.35. The Morgan fingerprint density at radius 1 is 1.14 bits per heavy atom. The van der Waals surface area contributed by atoms with E-state index in [0.29, 0.717) is 30.5 Å². The van der Waals surface area contributed by atoms with E-state index in [1.807, 2.05) is 29.2 Å². The number of nitrogens with one attached hydrogen (secondary N) is 3. The molecule has 0 radical (unpaired) electrons. The highest BCUT2D eigenvalue weighted by molar-refractivity contribution is 9.10. The minimum absolute atomic E-state index is 0. The van der Waals surface area contributed by atoms with Crippen molar-refractivity contribution in [1.29, 1.82) is 0 Å². The number of hydrogen-bond donors (Lipinski definition) is 3. The van der Waals surface area contributed by atoms with Crippen LogP contribution in [0.4, 0.5) is 17.5 Å². The molecular formula is C26H38BrN7O3. The first-order valence-electron chi connectivity index (χ1n) is 12.3. The topological polar surface area (TPSA) is 112 Å². The highest BCUT2D eigenvalue weighted by Crippen LogP contribution is 2.31. The Kier molecular flexibility index (Phi) is 10.7. The molecule has 3 N–H and O–H groups in total. The van der Waals surface area contributed by atoms with Crippen molar-refractivity contribution in [1.82, 2.24) is 25.1 Å². The van der Waals surface area contributed by atoms with E-state index in [2.05, 4.69) is 53.8 Å². The fourth-order valence-electron chi connectivity index (χ4n) is 4.58. The van der Waals surface area contributed by atoms with Gasteiger partial charge in [0.25, 0.3) is 5.91 Å². The summed E-state index contributed by atoms with van der Waals surface area (Å²) in [6, 6.07) is 7.36. The minimum atomic E-state index is -0.120. The zero-order valence-corrected chi connectivity index (χ0v) is 22.4. The molecule has 1 aromatic heterocycles. The molecule has 202 valence electrons. The molecule has 0 spiro atoms. The van der Waals surface area contributed by atoms with Gasteiger partial charge in [-0.15, -0.1) is 0 Å². The van der Waals surface area contributed by atoms with Crippen molar-refractivity contribution in [2.45, 2.75) is 32.7 Å². The lowest BCUT2D eigenvalue weighted by molar-refractivity contribution is -0.125. The number of likely N-dealkylation sites (N-methyl/N-ethyl adjacent to an activating group) is 1. The maximum absolute atomic E-state index is 12.8. The van der Waals surface area contributed by atoms with E-state index < -0.39 is 0 Å². The third-order valence-corrected chi connectivity index (χ3v) is 7.28. The molecule has 2 atom stereocenters.